The minimum atomic E-state index is -0.818. The van der Waals surface area contributed by atoms with Crippen LogP contribution >= 0.6 is 0 Å². The summed E-state index contributed by atoms with van der Waals surface area (Å²) in [6.45, 7) is 3.91. The number of anilines is 1. The Morgan fingerprint density at radius 1 is 1.00 bits per heavy atom. The molecule has 5 heteroatoms. The van der Waals surface area contributed by atoms with Gasteiger partial charge in [0.05, 0.1) is 11.1 Å². The van der Waals surface area contributed by atoms with Crippen molar-refractivity contribution >= 4 is 23.4 Å². The van der Waals surface area contributed by atoms with E-state index in [-0.39, 0.29) is 5.91 Å². The fourth-order valence-electron chi connectivity index (χ4n) is 3.20. The van der Waals surface area contributed by atoms with Crippen LogP contribution in [-0.2, 0) is 4.79 Å². The first-order valence-corrected chi connectivity index (χ1v) is 8.88. The van der Waals surface area contributed by atoms with Gasteiger partial charge in [-0.1, -0.05) is 50.1 Å². The van der Waals surface area contributed by atoms with E-state index in [0.29, 0.717) is 23.2 Å². The second-order valence-electron chi connectivity index (χ2n) is 6.49. The van der Waals surface area contributed by atoms with Gasteiger partial charge in [-0.2, -0.15) is 0 Å². The molecule has 2 aromatic carbocycles. The number of hydrogen-bond donors (Lipinski definition) is 1. The van der Waals surface area contributed by atoms with Gasteiger partial charge >= 0.3 is 0 Å². The van der Waals surface area contributed by atoms with Crippen LogP contribution in [0.4, 0.5) is 5.69 Å². The predicted octanol–water partition coefficient (Wildman–Crippen LogP) is 3.79. The first kappa shape index (κ1) is 17.9. The number of amides is 3. The van der Waals surface area contributed by atoms with E-state index in [0.717, 1.165) is 23.3 Å². The fourth-order valence-corrected chi connectivity index (χ4v) is 3.20. The zero-order valence-electron chi connectivity index (χ0n) is 15.0. The molecule has 0 saturated carbocycles. The van der Waals surface area contributed by atoms with Gasteiger partial charge in [0.15, 0.2) is 0 Å². The third-order valence-corrected chi connectivity index (χ3v) is 4.67. The smallest absolute Gasteiger partial charge is 0.262 e. The summed E-state index contributed by atoms with van der Waals surface area (Å²) in [6, 6.07) is 13.3. The van der Waals surface area contributed by atoms with Gasteiger partial charge in [-0.25, -0.2) is 0 Å². The number of imide groups is 1. The Balaban J connectivity index is 1.89. The number of carbonyl (C=O) groups excluding carboxylic acids is 3. The monoisotopic (exact) mass is 350 g/mol. The molecular weight excluding hydrogens is 328 g/mol. The van der Waals surface area contributed by atoms with Crippen molar-refractivity contribution in [2.45, 2.75) is 39.2 Å². The summed E-state index contributed by atoms with van der Waals surface area (Å²) in [4.78, 5) is 39.6. The molecule has 5 nitrogen and oxygen atoms in total. The molecule has 26 heavy (non-hydrogen) atoms. The zero-order chi connectivity index (χ0) is 18.7. The van der Waals surface area contributed by atoms with Crippen molar-refractivity contribution < 1.29 is 14.4 Å². The Kier molecular flexibility index (Phi) is 5.16. The number of benzene rings is 2. The number of fused-ring (bicyclic) bond motifs is 1. The Hall–Kier alpha value is -2.95. The lowest BCUT2D eigenvalue weighted by atomic mass is 10.1. The van der Waals surface area contributed by atoms with Crippen molar-refractivity contribution in [3.63, 3.8) is 0 Å². The van der Waals surface area contributed by atoms with Gasteiger partial charge in [-0.15, -0.1) is 0 Å². The van der Waals surface area contributed by atoms with E-state index in [9.17, 15) is 14.4 Å². The second-order valence-corrected chi connectivity index (χ2v) is 6.49. The summed E-state index contributed by atoms with van der Waals surface area (Å²) < 4.78 is 0. The number of para-hydroxylation sites is 1. The highest BCUT2D eigenvalue weighted by atomic mass is 16.2. The lowest BCUT2D eigenvalue weighted by Gasteiger charge is -2.25. The molecule has 3 rings (SSSR count). The number of carbonyl (C=O) groups is 3. The van der Waals surface area contributed by atoms with E-state index >= 15 is 0 Å². The minimum Gasteiger partial charge on any atom is -0.324 e. The molecule has 1 N–H and O–H groups in total. The fraction of sp³-hybridized carbons (Fsp3) is 0.286. The number of aryl methyl sites for hydroxylation is 1. The van der Waals surface area contributed by atoms with Crippen LogP contribution < -0.4 is 5.32 Å². The van der Waals surface area contributed by atoms with Crippen LogP contribution in [0.25, 0.3) is 0 Å². The number of nitrogens with zero attached hydrogens (tertiary/aromatic N) is 1. The average molecular weight is 350 g/mol. The molecule has 0 radical (unpaired) electrons. The van der Waals surface area contributed by atoms with Gasteiger partial charge in [-0.05, 0) is 37.1 Å². The molecule has 0 spiro atoms. The van der Waals surface area contributed by atoms with Crippen molar-refractivity contribution in [3.05, 3.63) is 65.2 Å². The minimum absolute atomic E-state index is 0.331. The normalized spacial score (nSPS) is 14.3. The Morgan fingerprint density at radius 2 is 1.58 bits per heavy atom. The lowest BCUT2D eigenvalue weighted by Crippen LogP contribution is -2.47. The molecule has 1 unspecified atom stereocenters. The van der Waals surface area contributed by atoms with Gasteiger partial charge in [-0.3, -0.25) is 19.3 Å². The highest BCUT2D eigenvalue weighted by molar-refractivity contribution is 6.23. The van der Waals surface area contributed by atoms with Crippen LogP contribution in [0, 0.1) is 6.92 Å². The lowest BCUT2D eigenvalue weighted by molar-refractivity contribution is -0.120. The van der Waals surface area contributed by atoms with Crippen molar-refractivity contribution in [2.75, 3.05) is 5.32 Å². The number of unbranched alkanes of at least 4 members (excludes halogenated alkanes) is 1. The molecule has 1 aliphatic rings. The summed E-state index contributed by atoms with van der Waals surface area (Å²) >= 11 is 0. The molecule has 1 aliphatic heterocycles. The van der Waals surface area contributed by atoms with Crippen LogP contribution in [0.2, 0.25) is 0 Å². The van der Waals surface area contributed by atoms with E-state index in [1.54, 1.807) is 24.3 Å². The van der Waals surface area contributed by atoms with Crippen molar-refractivity contribution in [2.24, 2.45) is 0 Å². The van der Waals surface area contributed by atoms with Gasteiger partial charge in [0, 0.05) is 5.69 Å². The van der Waals surface area contributed by atoms with Crippen molar-refractivity contribution in [1.29, 1.82) is 0 Å². The molecule has 0 saturated heterocycles. The van der Waals surface area contributed by atoms with E-state index in [4.69, 9.17) is 0 Å². The zero-order valence-corrected chi connectivity index (χ0v) is 15.0. The maximum absolute atomic E-state index is 12.9. The summed E-state index contributed by atoms with van der Waals surface area (Å²) in [5.41, 5.74) is 2.35. The van der Waals surface area contributed by atoms with E-state index in [1.165, 1.54) is 0 Å². The Bertz CT molecular complexity index is 825. The molecule has 1 heterocycles. The maximum atomic E-state index is 12.9. The molecule has 2 aromatic rings. The quantitative estimate of drug-likeness (QED) is 0.806. The van der Waals surface area contributed by atoms with Crippen LogP contribution in [-0.4, -0.2) is 28.7 Å². The number of hydrogen-bond acceptors (Lipinski definition) is 3. The summed E-state index contributed by atoms with van der Waals surface area (Å²) in [7, 11) is 0. The molecular formula is C21H22N2O3. The van der Waals surface area contributed by atoms with Gasteiger partial charge < -0.3 is 5.32 Å². The van der Waals surface area contributed by atoms with Crippen molar-refractivity contribution in [1.82, 2.24) is 4.90 Å². The third-order valence-electron chi connectivity index (χ3n) is 4.67. The van der Waals surface area contributed by atoms with Gasteiger partial charge in [0.1, 0.15) is 6.04 Å². The summed E-state index contributed by atoms with van der Waals surface area (Å²) in [5.74, 6) is -1.12. The molecule has 134 valence electrons. The Morgan fingerprint density at radius 3 is 2.15 bits per heavy atom. The summed E-state index contributed by atoms with van der Waals surface area (Å²) in [6.07, 6.45) is 2.07. The highest BCUT2D eigenvalue weighted by Gasteiger charge is 2.42. The highest BCUT2D eigenvalue weighted by Crippen LogP contribution is 2.27. The topological polar surface area (TPSA) is 66.5 Å². The van der Waals surface area contributed by atoms with E-state index < -0.39 is 17.9 Å². The van der Waals surface area contributed by atoms with Crippen molar-refractivity contribution in [3.8, 4) is 0 Å². The first-order valence-electron chi connectivity index (χ1n) is 8.88. The first-order chi connectivity index (χ1) is 12.5. The van der Waals surface area contributed by atoms with Crippen LogP contribution in [0.1, 0.15) is 52.5 Å². The molecule has 0 aromatic heterocycles. The van der Waals surface area contributed by atoms with Crippen LogP contribution in [0.15, 0.2) is 48.5 Å². The van der Waals surface area contributed by atoms with E-state index in [2.05, 4.69) is 5.32 Å². The molecule has 3 amide bonds. The molecule has 0 bridgehead atoms. The third kappa shape index (κ3) is 3.25. The largest absolute Gasteiger partial charge is 0.324 e. The van der Waals surface area contributed by atoms with Crippen LogP contribution in [0.5, 0.6) is 0 Å². The summed E-state index contributed by atoms with van der Waals surface area (Å²) in [5, 5.41) is 2.88. The molecule has 0 aliphatic carbocycles. The van der Waals surface area contributed by atoms with Gasteiger partial charge in [0.2, 0.25) is 5.91 Å². The standard InChI is InChI=1S/C21H22N2O3/c1-3-4-13-18(19(24)22-17-12-8-5-9-14(17)2)23-20(25)15-10-6-7-11-16(15)21(23)26/h5-12,18H,3-4,13H2,1-2H3,(H,22,24). The number of nitrogens with one attached hydrogen (secondary N) is 1. The Labute approximate surface area is 153 Å². The van der Waals surface area contributed by atoms with Gasteiger partial charge in [0.25, 0.3) is 11.8 Å². The second kappa shape index (κ2) is 7.52. The van der Waals surface area contributed by atoms with Crippen LogP contribution in [0.3, 0.4) is 0 Å². The number of rotatable bonds is 6. The molecule has 0 fully saturated rings. The predicted molar refractivity (Wildman–Crippen MR) is 100 cm³/mol. The SMILES string of the molecule is CCCCC(C(=O)Nc1ccccc1C)N1C(=O)c2ccccc2C1=O. The maximum Gasteiger partial charge on any atom is 0.262 e. The molecule has 1 atom stereocenters. The average Bonchev–Trinajstić information content (AvgIpc) is 2.89. The van der Waals surface area contributed by atoms with E-state index in [1.807, 2.05) is 38.1 Å².